The third kappa shape index (κ3) is 3.60. The first-order valence-corrected chi connectivity index (χ1v) is 7.61. The third-order valence-corrected chi connectivity index (χ3v) is 3.22. The van der Waals surface area contributed by atoms with Crippen molar-refractivity contribution in [3.8, 4) is 5.82 Å². The molecule has 21 heavy (non-hydrogen) atoms. The zero-order valence-corrected chi connectivity index (χ0v) is 13.6. The van der Waals surface area contributed by atoms with Crippen LogP contribution < -0.4 is 5.32 Å². The molecule has 0 saturated heterocycles. The monoisotopic (exact) mass is 287 g/mol. The molecule has 0 spiro atoms. The minimum absolute atomic E-state index is 0.0917. The first-order chi connectivity index (χ1) is 9.95. The van der Waals surface area contributed by atoms with Crippen molar-refractivity contribution in [2.45, 2.75) is 52.9 Å². The van der Waals surface area contributed by atoms with Crippen LogP contribution in [0.2, 0.25) is 0 Å². The maximum absolute atomic E-state index is 4.74. The predicted octanol–water partition coefficient (Wildman–Crippen LogP) is 3.34. The highest BCUT2D eigenvalue weighted by Crippen LogP contribution is 2.22. The zero-order valence-electron chi connectivity index (χ0n) is 13.6. The van der Waals surface area contributed by atoms with E-state index in [4.69, 9.17) is 4.98 Å². The SMILES string of the molecule is CCCNc1cc(-n2ccnc2CC)nc(C(C)(C)C)n1. The highest BCUT2D eigenvalue weighted by atomic mass is 15.2. The van der Waals surface area contributed by atoms with Crippen LogP contribution >= 0.6 is 0 Å². The first kappa shape index (κ1) is 15.5. The van der Waals surface area contributed by atoms with E-state index in [0.717, 1.165) is 42.7 Å². The maximum Gasteiger partial charge on any atom is 0.143 e. The van der Waals surface area contributed by atoms with Gasteiger partial charge in [-0.15, -0.1) is 0 Å². The topological polar surface area (TPSA) is 55.6 Å². The molecule has 1 N–H and O–H groups in total. The highest BCUT2D eigenvalue weighted by molar-refractivity contribution is 5.43. The number of aryl methyl sites for hydroxylation is 1. The molecule has 0 aliphatic heterocycles. The summed E-state index contributed by atoms with van der Waals surface area (Å²) in [5.41, 5.74) is -0.0917. The molecule has 0 fully saturated rings. The summed E-state index contributed by atoms with van der Waals surface area (Å²) >= 11 is 0. The van der Waals surface area contributed by atoms with Gasteiger partial charge in [0.05, 0.1) is 0 Å². The summed E-state index contributed by atoms with van der Waals surface area (Å²) in [5.74, 6) is 3.61. The second kappa shape index (κ2) is 6.24. The van der Waals surface area contributed by atoms with Gasteiger partial charge in [0, 0.05) is 36.8 Å². The van der Waals surface area contributed by atoms with E-state index in [1.165, 1.54) is 0 Å². The van der Waals surface area contributed by atoms with E-state index in [2.05, 4.69) is 49.9 Å². The van der Waals surface area contributed by atoms with Crippen LogP contribution in [0.25, 0.3) is 5.82 Å². The van der Waals surface area contributed by atoms with Crippen LogP contribution in [0.5, 0.6) is 0 Å². The van der Waals surface area contributed by atoms with E-state index in [0.29, 0.717) is 0 Å². The molecule has 2 rings (SSSR count). The van der Waals surface area contributed by atoms with E-state index in [9.17, 15) is 0 Å². The lowest BCUT2D eigenvalue weighted by molar-refractivity contribution is 0.543. The fourth-order valence-corrected chi connectivity index (χ4v) is 2.04. The smallest absolute Gasteiger partial charge is 0.143 e. The Balaban J connectivity index is 2.49. The Bertz CT molecular complexity index is 595. The van der Waals surface area contributed by atoms with Crippen molar-refractivity contribution < 1.29 is 0 Å². The van der Waals surface area contributed by atoms with Gasteiger partial charge in [0.25, 0.3) is 0 Å². The number of nitrogens with one attached hydrogen (secondary N) is 1. The number of anilines is 1. The van der Waals surface area contributed by atoms with Gasteiger partial charge in [-0.25, -0.2) is 15.0 Å². The molecular weight excluding hydrogens is 262 g/mol. The molecule has 0 bridgehead atoms. The minimum atomic E-state index is -0.0917. The van der Waals surface area contributed by atoms with Crippen LogP contribution in [0.3, 0.4) is 0 Å². The van der Waals surface area contributed by atoms with Crippen molar-refractivity contribution in [1.82, 2.24) is 19.5 Å². The van der Waals surface area contributed by atoms with Crippen molar-refractivity contribution >= 4 is 5.82 Å². The number of imidazole rings is 1. The van der Waals surface area contributed by atoms with Gasteiger partial charge >= 0.3 is 0 Å². The third-order valence-electron chi connectivity index (χ3n) is 3.22. The average Bonchev–Trinajstić information content (AvgIpc) is 2.92. The average molecular weight is 287 g/mol. The molecule has 114 valence electrons. The van der Waals surface area contributed by atoms with E-state index >= 15 is 0 Å². The Morgan fingerprint density at radius 1 is 1.19 bits per heavy atom. The molecule has 0 amide bonds. The number of nitrogens with zero attached hydrogens (tertiary/aromatic N) is 4. The highest BCUT2D eigenvalue weighted by Gasteiger charge is 2.20. The van der Waals surface area contributed by atoms with Crippen LogP contribution in [0.15, 0.2) is 18.5 Å². The first-order valence-electron chi connectivity index (χ1n) is 7.61. The Kier molecular flexibility index (Phi) is 4.60. The van der Waals surface area contributed by atoms with Gasteiger partial charge in [0.15, 0.2) is 0 Å². The van der Waals surface area contributed by atoms with Gasteiger partial charge in [0.1, 0.15) is 23.3 Å². The lowest BCUT2D eigenvalue weighted by atomic mass is 9.96. The summed E-state index contributed by atoms with van der Waals surface area (Å²) in [5, 5.41) is 3.36. The van der Waals surface area contributed by atoms with E-state index in [1.54, 1.807) is 0 Å². The number of hydrogen-bond acceptors (Lipinski definition) is 4. The summed E-state index contributed by atoms with van der Waals surface area (Å²) in [6.45, 7) is 11.5. The van der Waals surface area contributed by atoms with Gasteiger partial charge in [-0.2, -0.15) is 0 Å². The standard InChI is InChI=1S/C16H25N5/c1-6-8-17-12-11-14(20-15(19-12)16(3,4)5)21-10-9-18-13(21)7-2/h9-11H,6-8H2,1-5H3,(H,17,19,20). The van der Waals surface area contributed by atoms with Gasteiger partial charge in [-0.1, -0.05) is 34.6 Å². The molecule has 0 saturated carbocycles. The summed E-state index contributed by atoms with van der Waals surface area (Å²) in [4.78, 5) is 13.8. The van der Waals surface area contributed by atoms with Crippen LogP contribution in [-0.2, 0) is 11.8 Å². The van der Waals surface area contributed by atoms with Crippen molar-refractivity contribution in [2.75, 3.05) is 11.9 Å². The molecule has 2 heterocycles. The molecular formula is C16H25N5. The second-order valence-corrected chi connectivity index (χ2v) is 6.18. The Labute approximate surface area is 126 Å². The van der Waals surface area contributed by atoms with Gasteiger partial charge in [-0.3, -0.25) is 4.57 Å². The molecule has 5 nitrogen and oxygen atoms in total. The van der Waals surface area contributed by atoms with Gasteiger partial charge in [-0.05, 0) is 6.42 Å². The molecule has 0 aliphatic rings. The van der Waals surface area contributed by atoms with Crippen molar-refractivity contribution in [1.29, 1.82) is 0 Å². The molecule has 5 heteroatoms. The molecule has 0 atom stereocenters. The Morgan fingerprint density at radius 3 is 2.57 bits per heavy atom. The van der Waals surface area contributed by atoms with Crippen molar-refractivity contribution in [3.63, 3.8) is 0 Å². The lowest BCUT2D eigenvalue weighted by Gasteiger charge is -2.19. The van der Waals surface area contributed by atoms with Gasteiger partial charge in [0.2, 0.25) is 0 Å². The summed E-state index contributed by atoms with van der Waals surface area (Å²) in [7, 11) is 0. The summed E-state index contributed by atoms with van der Waals surface area (Å²) < 4.78 is 2.04. The minimum Gasteiger partial charge on any atom is -0.370 e. The predicted molar refractivity (Wildman–Crippen MR) is 86.0 cm³/mol. The molecule has 0 radical (unpaired) electrons. The van der Waals surface area contributed by atoms with E-state index in [1.807, 2.05) is 23.0 Å². The normalized spacial score (nSPS) is 11.7. The Morgan fingerprint density at radius 2 is 1.95 bits per heavy atom. The van der Waals surface area contributed by atoms with E-state index in [-0.39, 0.29) is 5.41 Å². The zero-order chi connectivity index (χ0) is 15.5. The van der Waals surface area contributed by atoms with Gasteiger partial charge < -0.3 is 5.32 Å². The lowest BCUT2D eigenvalue weighted by Crippen LogP contribution is -2.19. The van der Waals surface area contributed by atoms with Crippen LogP contribution in [-0.4, -0.2) is 26.1 Å². The molecule has 0 aliphatic carbocycles. The fraction of sp³-hybridized carbons (Fsp3) is 0.562. The molecule has 0 unspecified atom stereocenters. The Hall–Kier alpha value is -1.91. The summed E-state index contributed by atoms with van der Waals surface area (Å²) in [6.07, 6.45) is 5.71. The van der Waals surface area contributed by atoms with Crippen LogP contribution in [0, 0.1) is 0 Å². The number of rotatable bonds is 5. The largest absolute Gasteiger partial charge is 0.370 e. The van der Waals surface area contributed by atoms with Crippen LogP contribution in [0.1, 0.15) is 52.7 Å². The maximum atomic E-state index is 4.74. The molecule has 0 aromatic carbocycles. The van der Waals surface area contributed by atoms with Crippen molar-refractivity contribution in [3.05, 3.63) is 30.1 Å². The number of aromatic nitrogens is 4. The quantitative estimate of drug-likeness (QED) is 0.916. The summed E-state index contributed by atoms with van der Waals surface area (Å²) in [6, 6.07) is 1.99. The second-order valence-electron chi connectivity index (χ2n) is 6.18. The fourth-order valence-electron chi connectivity index (χ4n) is 2.04. The van der Waals surface area contributed by atoms with Crippen molar-refractivity contribution in [2.24, 2.45) is 0 Å². The van der Waals surface area contributed by atoms with Crippen LogP contribution in [0.4, 0.5) is 5.82 Å². The van der Waals surface area contributed by atoms with E-state index < -0.39 is 0 Å². The number of hydrogen-bond donors (Lipinski definition) is 1. The molecule has 2 aromatic rings. The molecule has 2 aromatic heterocycles.